The normalized spacial score (nSPS) is 14.2. The van der Waals surface area contributed by atoms with Crippen molar-refractivity contribution in [3.05, 3.63) is 52.0 Å². The fourth-order valence-electron chi connectivity index (χ4n) is 3.36. The molecule has 1 fully saturated rings. The van der Waals surface area contributed by atoms with E-state index in [1.54, 1.807) is 29.2 Å². The number of fused-ring (bicyclic) bond motifs is 1. The van der Waals surface area contributed by atoms with Crippen molar-refractivity contribution in [3.63, 3.8) is 0 Å². The molecule has 0 radical (unpaired) electrons. The van der Waals surface area contributed by atoms with Crippen molar-refractivity contribution < 1.29 is 14.3 Å². The molecular weight excluding hydrogens is 537 g/mol. The first-order valence-corrected chi connectivity index (χ1v) is 12.1. The Kier molecular flexibility index (Phi) is 9.58. The summed E-state index contributed by atoms with van der Waals surface area (Å²) in [7, 11) is 0. The number of carbonyl (C=O) groups is 1. The highest BCUT2D eigenvalue weighted by atomic mass is 79.9. The van der Waals surface area contributed by atoms with Crippen molar-refractivity contribution >= 4 is 72.5 Å². The van der Waals surface area contributed by atoms with Gasteiger partial charge in [0.1, 0.15) is 5.75 Å². The fraction of sp³-hybridized carbons (Fsp3) is 0.364. The number of anilines is 1. The highest BCUT2D eigenvalue weighted by Gasteiger charge is 2.21. The van der Waals surface area contributed by atoms with Crippen LogP contribution in [-0.2, 0) is 9.53 Å². The molecule has 0 N–H and O–H groups in total. The van der Waals surface area contributed by atoms with E-state index in [1.807, 2.05) is 18.2 Å². The lowest BCUT2D eigenvalue weighted by Crippen LogP contribution is -2.40. The number of carbonyl (C=O) groups excluding carboxylic acids is 1. The molecule has 1 saturated heterocycles. The van der Waals surface area contributed by atoms with E-state index in [9.17, 15) is 4.79 Å². The van der Waals surface area contributed by atoms with Crippen LogP contribution in [0.5, 0.6) is 5.75 Å². The average Bonchev–Trinajstić information content (AvgIpc) is 3.19. The van der Waals surface area contributed by atoms with Crippen LogP contribution in [0.25, 0.3) is 10.2 Å². The van der Waals surface area contributed by atoms with E-state index >= 15 is 0 Å². The zero-order valence-corrected chi connectivity index (χ0v) is 21.3. The van der Waals surface area contributed by atoms with Crippen molar-refractivity contribution in [3.8, 4) is 5.75 Å². The quantitative estimate of drug-likeness (QED) is 0.376. The van der Waals surface area contributed by atoms with E-state index in [4.69, 9.17) is 26.1 Å². The number of hydrogen-bond donors (Lipinski definition) is 0. The summed E-state index contributed by atoms with van der Waals surface area (Å²) in [5.74, 6) is 0.495. The predicted octanol–water partition coefficient (Wildman–Crippen LogP) is 5.27. The molecule has 32 heavy (non-hydrogen) atoms. The Balaban J connectivity index is 0.00000289. The van der Waals surface area contributed by atoms with E-state index in [0.29, 0.717) is 22.4 Å². The Morgan fingerprint density at radius 3 is 2.72 bits per heavy atom. The van der Waals surface area contributed by atoms with Crippen molar-refractivity contribution in [2.45, 2.75) is 6.42 Å². The van der Waals surface area contributed by atoms with E-state index in [1.165, 1.54) is 11.3 Å². The molecule has 3 aromatic rings. The summed E-state index contributed by atoms with van der Waals surface area (Å²) in [4.78, 5) is 21.9. The summed E-state index contributed by atoms with van der Waals surface area (Å²) in [5, 5.41) is 1.32. The van der Waals surface area contributed by atoms with Crippen LogP contribution in [-0.4, -0.2) is 61.8 Å². The lowest BCUT2D eigenvalue weighted by Gasteiger charge is -2.27. The van der Waals surface area contributed by atoms with Gasteiger partial charge in [0.2, 0.25) is 0 Å². The van der Waals surface area contributed by atoms with Crippen LogP contribution in [0.3, 0.4) is 0 Å². The number of benzene rings is 2. The summed E-state index contributed by atoms with van der Waals surface area (Å²) in [6.07, 6.45) is 0.853. The molecule has 0 saturated carbocycles. The molecule has 1 aromatic heterocycles. The highest BCUT2D eigenvalue weighted by molar-refractivity contribution is 9.10. The van der Waals surface area contributed by atoms with Gasteiger partial charge >= 0.3 is 0 Å². The van der Waals surface area contributed by atoms with E-state index in [0.717, 1.165) is 54.0 Å². The number of halogens is 3. The Morgan fingerprint density at radius 2 is 1.97 bits per heavy atom. The molecule has 1 aliphatic rings. The zero-order chi connectivity index (χ0) is 21.6. The Morgan fingerprint density at radius 1 is 1.22 bits per heavy atom. The number of rotatable bonds is 8. The molecule has 0 aliphatic carbocycles. The first kappa shape index (κ1) is 25.2. The molecule has 2 heterocycles. The second-order valence-corrected chi connectivity index (χ2v) is 9.57. The second kappa shape index (κ2) is 12.2. The van der Waals surface area contributed by atoms with Gasteiger partial charge in [-0.1, -0.05) is 38.9 Å². The number of aromatic nitrogens is 1. The van der Waals surface area contributed by atoms with Crippen LogP contribution < -0.4 is 9.64 Å². The van der Waals surface area contributed by atoms with Gasteiger partial charge < -0.3 is 9.47 Å². The van der Waals surface area contributed by atoms with Gasteiger partial charge in [-0.2, -0.15) is 0 Å². The van der Waals surface area contributed by atoms with Gasteiger partial charge in [-0.25, -0.2) is 4.98 Å². The predicted molar refractivity (Wildman–Crippen MR) is 136 cm³/mol. The van der Waals surface area contributed by atoms with E-state index in [2.05, 4.69) is 20.8 Å². The second-order valence-electron chi connectivity index (χ2n) is 7.20. The van der Waals surface area contributed by atoms with Crippen molar-refractivity contribution in [1.29, 1.82) is 0 Å². The molecule has 6 nitrogen and oxygen atoms in total. The van der Waals surface area contributed by atoms with Crippen molar-refractivity contribution in [2.75, 3.05) is 50.9 Å². The third kappa shape index (κ3) is 6.79. The Bertz CT molecular complexity index is 1030. The number of amides is 1. The third-order valence-electron chi connectivity index (χ3n) is 5.01. The van der Waals surface area contributed by atoms with Gasteiger partial charge in [-0.15, -0.1) is 12.4 Å². The van der Waals surface area contributed by atoms with Crippen LogP contribution in [0.4, 0.5) is 5.13 Å². The molecule has 172 valence electrons. The fourth-order valence-corrected chi connectivity index (χ4v) is 5.05. The molecule has 0 unspecified atom stereocenters. The minimum absolute atomic E-state index is 0. The minimum atomic E-state index is -0.116. The molecule has 2 aromatic carbocycles. The van der Waals surface area contributed by atoms with Gasteiger partial charge in [0.25, 0.3) is 5.91 Å². The molecule has 1 amide bonds. The molecule has 1 aliphatic heterocycles. The van der Waals surface area contributed by atoms with Gasteiger partial charge in [-0.3, -0.25) is 14.6 Å². The number of nitrogens with zero attached hydrogens (tertiary/aromatic N) is 3. The largest absolute Gasteiger partial charge is 0.484 e. The number of ether oxygens (including phenoxy) is 2. The number of thiazole rings is 1. The van der Waals surface area contributed by atoms with Crippen LogP contribution in [0.15, 0.2) is 46.9 Å². The Hall–Kier alpha value is -1.42. The van der Waals surface area contributed by atoms with Crippen molar-refractivity contribution in [1.82, 2.24) is 9.88 Å². The van der Waals surface area contributed by atoms with Crippen LogP contribution >= 0.6 is 51.3 Å². The topological polar surface area (TPSA) is 54.9 Å². The zero-order valence-electron chi connectivity index (χ0n) is 17.3. The summed E-state index contributed by atoms with van der Waals surface area (Å²) in [6, 6.07) is 12.9. The molecule has 0 bridgehead atoms. The first-order valence-electron chi connectivity index (χ1n) is 10.1. The average molecular weight is 561 g/mol. The number of morpholine rings is 1. The summed E-state index contributed by atoms with van der Waals surface area (Å²) in [6.45, 7) is 4.85. The van der Waals surface area contributed by atoms with Gasteiger partial charge in [0, 0.05) is 35.7 Å². The SMILES string of the molecule is Cl.O=C(COc1ccc(Cl)cc1)N(CCCN1CCOCC1)c1nc2ccc(Br)cc2s1. The lowest BCUT2D eigenvalue weighted by atomic mass is 10.3. The van der Waals surface area contributed by atoms with Gasteiger partial charge in [0.15, 0.2) is 11.7 Å². The summed E-state index contributed by atoms with van der Waals surface area (Å²) < 4.78 is 13.2. The molecule has 0 spiro atoms. The summed E-state index contributed by atoms with van der Waals surface area (Å²) in [5.41, 5.74) is 0.882. The Labute approximate surface area is 211 Å². The van der Waals surface area contributed by atoms with Crippen LogP contribution in [0, 0.1) is 0 Å². The smallest absolute Gasteiger partial charge is 0.266 e. The highest BCUT2D eigenvalue weighted by Crippen LogP contribution is 2.31. The van der Waals surface area contributed by atoms with Crippen LogP contribution in [0.1, 0.15) is 6.42 Å². The molecular formula is C22H24BrCl2N3O3S. The third-order valence-corrected chi connectivity index (χ3v) is 6.79. The van der Waals surface area contributed by atoms with E-state index in [-0.39, 0.29) is 24.9 Å². The minimum Gasteiger partial charge on any atom is -0.484 e. The number of hydrogen-bond acceptors (Lipinski definition) is 6. The van der Waals surface area contributed by atoms with Crippen LogP contribution in [0.2, 0.25) is 5.02 Å². The molecule has 4 rings (SSSR count). The van der Waals surface area contributed by atoms with Crippen molar-refractivity contribution in [2.24, 2.45) is 0 Å². The maximum absolute atomic E-state index is 13.1. The monoisotopic (exact) mass is 559 g/mol. The first-order chi connectivity index (χ1) is 15.1. The standard InChI is InChI=1S/C22H23BrClN3O3S.ClH/c23-16-2-7-19-20(14-16)31-22(25-19)27(9-1-8-26-10-12-29-13-11-26)21(28)15-30-18-5-3-17(24)4-6-18;/h2-7,14H,1,8-13,15H2;1H. The molecule has 10 heteroatoms. The van der Waals surface area contributed by atoms with E-state index < -0.39 is 0 Å². The van der Waals surface area contributed by atoms with Gasteiger partial charge in [-0.05, 0) is 48.9 Å². The summed E-state index contributed by atoms with van der Waals surface area (Å²) >= 11 is 10.9. The molecule has 0 atom stereocenters. The van der Waals surface area contributed by atoms with Gasteiger partial charge in [0.05, 0.1) is 23.4 Å². The maximum Gasteiger partial charge on any atom is 0.266 e. The maximum atomic E-state index is 13.1. The lowest BCUT2D eigenvalue weighted by molar-refractivity contribution is -0.120.